The summed E-state index contributed by atoms with van der Waals surface area (Å²) in [5, 5.41) is 9.41. The average molecular weight is 300 g/mol. The molecule has 0 spiro atoms. The first kappa shape index (κ1) is 11.8. The van der Waals surface area contributed by atoms with E-state index in [9.17, 15) is 13.5 Å². The lowest BCUT2D eigenvalue weighted by atomic mass is 10.1. The summed E-state index contributed by atoms with van der Waals surface area (Å²) in [6, 6.07) is 3.01. The summed E-state index contributed by atoms with van der Waals surface area (Å²) < 4.78 is 22.2. The van der Waals surface area contributed by atoms with E-state index in [1.807, 2.05) is 0 Å². The molecule has 0 unspecified atom stereocenters. The van der Waals surface area contributed by atoms with Crippen molar-refractivity contribution in [1.82, 2.24) is 0 Å². The first-order chi connectivity index (χ1) is 6.29. The fraction of sp³-hybridized carbons (Fsp3) is 0.250. The van der Waals surface area contributed by atoms with Crippen LogP contribution >= 0.6 is 26.6 Å². The topological polar surface area (TPSA) is 54.4 Å². The van der Waals surface area contributed by atoms with Crippen molar-refractivity contribution in [3.63, 3.8) is 0 Å². The Kier molecular flexibility index (Phi) is 3.44. The summed E-state index contributed by atoms with van der Waals surface area (Å²) in [6.07, 6.45) is 0. The average Bonchev–Trinajstić information content (AvgIpc) is 1.96. The quantitative estimate of drug-likeness (QED) is 0.854. The molecule has 0 atom stereocenters. The lowest BCUT2D eigenvalue weighted by Crippen LogP contribution is -1.95. The SMILES string of the molecule is Cc1c(O)cc(CS(=O)(=O)Cl)cc1Br. The molecule has 0 radical (unpaired) electrons. The maximum atomic E-state index is 10.8. The van der Waals surface area contributed by atoms with Gasteiger partial charge in [0, 0.05) is 20.7 Å². The second kappa shape index (κ2) is 4.08. The maximum absolute atomic E-state index is 10.8. The minimum Gasteiger partial charge on any atom is -0.508 e. The number of phenols is 1. The van der Waals surface area contributed by atoms with E-state index in [1.165, 1.54) is 6.07 Å². The molecule has 1 rings (SSSR count). The van der Waals surface area contributed by atoms with Crippen molar-refractivity contribution < 1.29 is 13.5 Å². The predicted octanol–water partition coefficient (Wildman–Crippen LogP) is 2.53. The minimum atomic E-state index is -3.58. The van der Waals surface area contributed by atoms with E-state index < -0.39 is 9.05 Å². The lowest BCUT2D eigenvalue weighted by molar-refractivity contribution is 0.470. The molecule has 0 aliphatic carbocycles. The number of hydrogen-bond acceptors (Lipinski definition) is 3. The first-order valence-electron chi connectivity index (χ1n) is 3.70. The highest BCUT2D eigenvalue weighted by Crippen LogP contribution is 2.28. The van der Waals surface area contributed by atoms with Gasteiger partial charge in [0.05, 0.1) is 5.75 Å². The number of rotatable bonds is 2. The molecule has 0 aliphatic heterocycles. The fourth-order valence-electron chi connectivity index (χ4n) is 1.00. The molecule has 3 nitrogen and oxygen atoms in total. The van der Waals surface area contributed by atoms with Gasteiger partial charge in [0.25, 0.3) is 0 Å². The summed E-state index contributed by atoms with van der Waals surface area (Å²) in [6.45, 7) is 1.72. The van der Waals surface area contributed by atoms with Gasteiger partial charge < -0.3 is 5.11 Å². The van der Waals surface area contributed by atoms with Crippen molar-refractivity contribution >= 4 is 35.7 Å². The normalized spacial score (nSPS) is 11.6. The van der Waals surface area contributed by atoms with Crippen LogP contribution in [0.25, 0.3) is 0 Å². The Balaban J connectivity index is 3.14. The summed E-state index contributed by atoms with van der Waals surface area (Å²) >= 11 is 3.21. The highest BCUT2D eigenvalue weighted by molar-refractivity contribution is 9.10. The molecule has 0 saturated heterocycles. The molecule has 0 aromatic heterocycles. The van der Waals surface area contributed by atoms with Crippen LogP contribution < -0.4 is 0 Å². The zero-order valence-corrected chi connectivity index (χ0v) is 10.4. The van der Waals surface area contributed by atoms with E-state index in [1.54, 1.807) is 13.0 Å². The molecule has 78 valence electrons. The molecule has 14 heavy (non-hydrogen) atoms. The molecule has 1 N–H and O–H groups in total. The number of aromatic hydroxyl groups is 1. The molecule has 0 aliphatic rings. The van der Waals surface area contributed by atoms with E-state index in [0.29, 0.717) is 15.6 Å². The number of halogens is 2. The maximum Gasteiger partial charge on any atom is 0.236 e. The van der Waals surface area contributed by atoms with Gasteiger partial charge in [0.15, 0.2) is 0 Å². The van der Waals surface area contributed by atoms with Crippen molar-refractivity contribution in [2.45, 2.75) is 12.7 Å². The standard InChI is InChI=1S/C8H8BrClO3S/c1-5-7(9)2-6(3-8(5)11)4-14(10,12)13/h2-3,11H,4H2,1H3. The third-order valence-electron chi connectivity index (χ3n) is 1.72. The molecular formula is C8H8BrClO3S. The monoisotopic (exact) mass is 298 g/mol. The van der Waals surface area contributed by atoms with Crippen LogP contribution in [-0.2, 0) is 14.8 Å². The van der Waals surface area contributed by atoms with Crippen LogP contribution in [-0.4, -0.2) is 13.5 Å². The zero-order chi connectivity index (χ0) is 10.9. The van der Waals surface area contributed by atoms with Gasteiger partial charge in [0.1, 0.15) is 5.75 Å². The smallest absolute Gasteiger partial charge is 0.236 e. The molecule has 0 bridgehead atoms. The number of hydrogen-bond donors (Lipinski definition) is 1. The van der Waals surface area contributed by atoms with Gasteiger partial charge in [-0.1, -0.05) is 15.9 Å². The van der Waals surface area contributed by atoms with Crippen molar-refractivity contribution in [1.29, 1.82) is 0 Å². The lowest BCUT2D eigenvalue weighted by Gasteiger charge is -2.05. The van der Waals surface area contributed by atoms with Crippen LogP contribution in [0, 0.1) is 6.92 Å². The third-order valence-corrected chi connectivity index (χ3v) is 3.54. The molecule has 6 heteroatoms. The van der Waals surface area contributed by atoms with Crippen molar-refractivity contribution in [2.24, 2.45) is 0 Å². The first-order valence-corrected chi connectivity index (χ1v) is 6.97. The van der Waals surface area contributed by atoms with Gasteiger partial charge in [-0.05, 0) is 24.6 Å². The van der Waals surface area contributed by atoms with Gasteiger partial charge in [0.2, 0.25) is 9.05 Å². The van der Waals surface area contributed by atoms with Gasteiger partial charge >= 0.3 is 0 Å². The Morgan fingerprint density at radius 1 is 1.50 bits per heavy atom. The zero-order valence-electron chi connectivity index (χ0n) is 7.29. The summed E-state index contributed by atoms with van der Waals surface area (Å²) in [5.74, 6) is -0.240. The van der Waals surface area contributed by atoms with Gasteiger partial charge in [-0.2, -0.15) is 0 Å². The summed E-state index contributed by atoms with van der Waals surface area (Å²) in [5.41, 5.74) is 1.12. The Morgan fingerprint density at radius 2 is 2.07 bits per heavy atom. The molecule has 0 saturated carbocycles. The second-order valence-electron chi connectivity index (χ2n) is 2.90. The third kappa shape index (κ3) is 3.15. The van der Waals surface area contributed by atoms with Crippen LogP contribution in [0.5, 0.6) is 5.75 Å². The Labute approximate surface area is 95.3 Å². The van der Waals surface area contributed by atoms with Crippen molar-refractivity contribution in [3.05, 3.63) is 27.7 Å². The Morgan fingerprint density at radius 3 is 2.50 bits per heavy atom. The Hall–Kier alpha value is -0.260. The van der Waals surface area contributed by atoms with Crippen LogP contribution in [0.15, 0.2) is 16.6 Å². The van der Waals surface area contributed by atoms with Crippen LogP contribution in [0.2, 0.25) is 0 Å². The molecule has 0 heterocycles. The highest BCUT2D eigenvalue weighted by atomic mass is 79.9. The van der Waals surface area contributed by atoms with Gasteiger partial charge in [-0.3, -0.25) is 0 Å². The van der Waals surface area contributed by atoms with E-state index >= 15 is 0 Å². The fourth-order valence-corrected chi connectivity index (χ4v) is 2.44. The van der Waals surface area contributed by atoms with Crippen molar-refractivity contribution in [2.75, 3.05) is 0 Å². The van der Waals surface area contributed by atoms with Crippen molar-refractivity contribution in [3.8, 4) is 5.75 Å². The largest absolute Gasteiger partial charge is 0.508 e. The van der Waals surface area contributed by atoms with E-state index in [-0.39, 0.29) is 11.5 Å². The van der Waals surface area contributed by atoms with Crippen LogP contribution in [0.3, 0.4) is 0 Å². The van der Waals surface area contributed by atoms with E-state index in [0.717, 1.165) is 0 Å². The van der Waals surface area contributed by atoms with Crippen LogP contribution in [0.4, 0.5) is 0 Å². The molecule has 1 aromatic carbocycles. The van der Waals surface area contributed by atoms with E-state index in [4.69, 9.17) is 10.7 Å². The minimum absolute atomic E-state index is 0.0506. The highest BCUT2D eigenvalue weighted by Gasteiger charge is 2.10. The summed E-state index contributed by atoms with van der Waals surface area (Å²) in [4.78, 5) is 0. The predicted molar refractivity (Wildman–Crippen MR) is 59.0 cm³/mol. The Bertz CT molecular complexity index is 433. The molecular weight excluding hydrogens is 292 g/mol. The number of benzene rings is 1. The van der Waals surface area contributed by atoms with E-state index in [2.05, 4.69) is 15.9 Å². The molecule has 0 fully saturated rings. The number of phenolic OH excluding ortho intramolecular Hbond substituents is 1. The molecule has 1 aromatic rings. The van der Waals surface area contributed by atoms with Gasteiger partial charge in [-0.25, -0.2) is 8.42 Å². The van der Waals surface area contributed by atoms with Crippen LogP contribution in [0.1, 0.15) is 11.1 Å². The summed E-state index contributed by atoms with van der Waals surface area (Å²) in [7, 11) is 1.50. The van der Waals surface area contributed by atoms with Gasteiger partial charge in [-0.15, -0.1) is 0 Å². The molecule has 0 amide bonds. The second-order valence-corrected chi connectivity index (χ2v) is 6.54.